The molecule has 0 atom stereocenters. The molecule has 0 spiro atoms. The number of nitrogens with one attached hydrogen (secondary N) is 1. The maximum absolute atomic E-state index is 11.9. The number of aliphatic hydroxyl groups is 1. The molecule has 0 aliphatic rings. The number of amides is 1. The quantitative estimate of drug-likeness (QED) is 0.695. The molecular weight excluding hydrogens is 230 g/mol. The van der Waals surface area contributed by atoms with Crippen LogP contribution in [0.25, 0.3) is 0 Å². The first-order chi connectivity index (χ1) is 8.79. The van der Waals surface area contributed by atoms with Crippen LogP contribution in [-0.4, -0.2) is 30.8 Å². The van der Waals surface area contributed by atoms with Gasteiger partial charge in [-0.15, -0.1) is 0 Å². The largest absolute Gasteiger partial charge is 0.493 e. The van der Waals surface area contributed by atoms with Crippen molar-refractivity contribution in [1.29, 1.82) is 0 Å². The fourth-order valence-electron chi connectivity index (χ4n) is 1.65. The molecule has 0 fully saturated rings. The van der Waals surface area contributed by atoms with Gasteiger partial charge < -0.3 is 15.2 Å². The van der Waals surface area contributed by atoms with Crippen molar-refractivity contribution in [2.75, 3.05) is 19.8 Å². The fourth-order valence-corrected chi connectivity index (χ4v) is 1.65. The summed E-state index contributed by atoms with van der Waals surface area (Å²) in [5.41, 5.74) is 0.571. The van der Waals surface area contributed by atoms with E-state index < -0.39 is 0 Å². The van der Waals surface area contributed by atoms with Gasteiger partial charge in [0.15, 0.2) is 0 Å². The van der Waals surface area contributed by atoms with E-state index >= 15 is 0 Å². The van der Waals surface area contributed by atoms with Crippen molar-refractivity contribution < 1.29 is 14.6 Å². The summed E-state index contributed by atoms with van der Waals surface area (Å²) in [6.07, 6.45) is 2.58. The number of para-hydroxylation sites is 1. The minimum Gasteiger partial charge on any atom is -0.493 e. The van der Waals surface area contributed by atoms with Crippen LogP contribution in [0.5, 0.6) is 5.75 Å². The summed E-state index contributed by atoms with van der Waals surface area (Å²) in [5, 5.41) is 11.5. The highest BCUT2D eigenvalue weighted by atomic mass is 16.5. The lowest BCUT2D eigenvalue weighted by Gasteiger charge is -2.10. The molecule has 0 heterocycles. The van der Waals surface area contributed by atoms with Gasteiger partial charge in [0.1, 0.15) is 5.75 Å². The summed E-state index contributed by atoms with van der Waals surface area (Å²) in [6, 6.07) is 7.23. The summed E-state index contributed by atoms with van der Waals surface area (Å²) in [5.74, 6) is 0.510. The molecule has 1 aromatic carbocycles. The fraction of sp³-hybridized carbons (Fsp3) is 0.500. The van der Waals surface area contributed by atoms with Crippen LogP contribution in [0.3, 0.4) is 0 Å². The first-order valence-corrected chi connectivity index (χ1v) is 6.40. The number of hydrogen-bond acceptors (Lipinski definition) is 3. The predicted molar refractivity (Wildman–Crippen MR) is 70.9 cm³/mol. The molecule has 0 saturated heterocycles. The number of hydrogen-bond donors (Lipinski definition) is 2. The number of carbonyl (C=O) groups excluding carboxylic acids is 1. The number of unbranched alkanes of at least 4 members (excludes halogenated alkanes) is 2. The van der Waals surface area contributed by atoms with Crippen molar-refractivity contribution in [2.45, 2.75) is 26.2 Å². The van der Waals surface area contributed by atoms with E-state index in [-0.39, 0.29) is 12.5 Å². The van der Waals surface area contributed by atoms with Gasteiger partial charge in [0, 0.05) is 13.2 Å². The molecule has 1 aromatic rings. The Morgan fingerprint density at radius 1 is 1.28 bits per heavy atom. The Labute approximate surface area is 108 Å². The van der Waals surface area contributed by atoms with Crippen molar-refractivity contribution in [3.8, 4) is 5.75 Å². The monoisotopic (exact) mass is 251 g/mol. The molecule has 1 amide bonds. The molecule has 4 nitrogen and oxygen atoms in total. The van der Waals surface area contributed by atoms with E-state index in [0.717, 1.165) is 19.3 Å². The number of benzene rings is 1. The Bertz CT molecular complexity index is 366. The zero-order valence-corrected chi connectivity index (χ0v) is 10.8. The number of carbonyl (C=O) groups is 1. The Kier molecular flexibility index (Phi) is 6.87. The minimum atomic E-state index is -0.108. The van der Waals surface area contributed by atoms with Gasteiger partial charge >= 0.3 is 0 Å². The molecule has 0 saturated carbocycles. The number of rotatable bonds is 8. The normalized spacial score (nSPS) is 10.1. The summed E-state index contributed by atoms with van der Waals surface area (Å²) in [4.78, 5) is 11.9. The van der Waals surface area contributed by atoms with Gasteiger partial charge in [-0.05, 0) is 38.3 Å². The van der Waals surface area contributed by atoms with Gasteiger partial charge in [0.25, 0.3) is 5.91 Å². The maximum atomic E-state index is 11.9. The molecule has 0 aliphatic heterocycles. The second-order valence-electron chi connectivity index (χ2n) is 3.97. The van der Waals surface area contributed by atoms with Crippen molar-refractivity contribution in [2.24, 2.45) is 0 Å². The summed E-state index contributed by atoms with van der Waals surface area (Å²) in [7, 11) is 0. The molecule has 0 bridgehead atoms. The van der Waals surface area contributed by atoms with Crippen LogP contribution >= 0.6 is 0 Å². The van der Waals surface area contributed by atoms with Crippen LogP contribution < -0.4 is 10.1 Å². The minimum absolute atomic E-state index is 0.108. The van der Waals surface area contributed by atoms with E-state index in [1.54, 1.807) is 12.1 Å². The van der Waals surface area contributed by atoms with Gasteiger partial charge in [-0.1, -0.05) is 12.1 Å². The predicted octanol–water partition coefficient (Wildman–Crippen LogP) is 1.98. The van der Waals surface area contributed by atoms with Crippen LogP contribution in [-0.2, 0) is 0 Å². The first kappa shape index (κ1) is 14.5. The Hall–Kier alpha value is -1.55. The van der Waals surface area contributed by atoms with Crippen molar-refractivity contribution in [1.82, 2.24) is 5.32 Å². The molecular formula is C14H21NO3. The first-order valence-electron chi connectivity index (χ1n) is 6.40. The highest BCUT2D eigenvalue weighted by Gasteiger charge is 2.10. The number of ether oxygens (including phenoxy) is 1. The van der Waals surface area contributed by atoms with Crippen LogP contribution in [0.1, 0.15) is 36.5 Å². The molecule has 2 N–H and O–H groups in total. The zero-order valence-electron chi connectivity index (χ0n) is 10.8. The molecule has 18 heavy (non-hydrogen) atoms. The third-order valence-corrected chi connectivity index (χ3v) is 2.55. The van der Waals surface area contributed by atoms with Gasteiger partial charge in [-0.25, -0.2) is 0 Å². The smallest absolute Gasteiger partial charge is 0.255 e. The molecule has 0 aliphatic carbocycles. The van der Waals surface area contributed by atoms with Gasteiger partial charge in [0.05, 0.1) is 12.2 Å². The molecule has 0 radical (unpaired) electrons. The van der Waals surface area contributed by atoms with Crippen LogP contribution in [0.4, 0.5) is 0 Å². The zero-order chi connectivity index (χ0) is 13.2. The maximum Gasteiger partial charge on any atom is 0.255 e. The lowest BCUT2D eigenvalue weighted by atomic mass is 10.2. The summed E-state index contributed by atoms with van der Waals surface area (Å²) < 4.78 is 5.41. The lowest BCUT2D eigenvalue weighted by Crippen LogP contribution is -2.25. The Morgan fingerprint density at radius 3 is 2.78 bits per heavy atom. The third-order valence-electron chi connectivity index (χ3n) is 2.55. The van der Waals surface area contributed by atoms with E-state index in [2.05, 4.69) is 5.32 Å². The summed E-state index contributed by atoms with van der Waals surface area (Å²) in [6.45, 7) is 3.27. The topological polar surface area (TPSA) is 58.6 Å². The van der Waals surface area contributed by atoms with E-state index in [1.165, 1.54) is 0 Å². The SMILES string of the molecule is CCOc1ccccc1C(=O)NCCCCCO. The molecule has 0 unspecified atom stereocenters. The Morgan fingerprint density at radius 2 is 2.06 bits per heavy atom. The molecule has 4 heteroatoms. The Balaban J connectivity index is 2.45. The van der Waals surface area contributed by atoms with Crippen molar-refractivity contribution in [3.05, 3.63) is 29.8 Å². The average Bonchev–Trinajstić information content (AvgIpc) is 2.39. The van der Waals surface area contributed by atoms with Crippen molar-refractivity contribution >= 4 is 5.91 Å². The second-order valence-corrected chi connectivity index (χ2v) is 3.97. The van der Waals surface area contributed by atoms with Crippen LogP contribution in [0.2, 0.25) is 0 Å². The third kappa shape index (κ3) is 4.75. The van der Waals surface area contributed by atoms with Gasteiger partial charge in [0.2, 0.25) is 0 Å². The van der Waals surface area contributed by atoms with E-state index in [0.29, 0.717) is 24.5 Å². The van der Waals surface area contributed by atoms with Gasteiger partial charge in [-0.2, -0.15) is 0 Å². The van der Waals surface area contributed by atoms with Crippen LogP contribution in [0.15, 0.2) is 24.3 Å². The highest BCUT2D eigenvalue weighted by molar-refractivity contribution is 5.96. The highest BCUT2D eigenvalue weighted by Crippen LogP contribution is 2.17. The van der Waals surface area contributed by atoms with E-state index in [1.807, 2.05) is 19.1 Å². The van der Waals surface area contributed by atoms with E-state index in [4.69, 9.17) is 9.84 Å². The molecule has 100 valence electrons. The average molecular weight is 251 g/mol. The van der Waals surface area contributed by atoms with Gasteiger partial charge in [-0.3, -0.25) is 4.79 Å². The van der Waals surface area contributed by atoms with Crippen molar-refractivity contribution in [3.63, 3.8) is 0 Å². The standard InChI is InChI=1S/C14H21NO3/c1-2-18-13-9-5-4-8-12(13)14(17)15-10-6-3-7-11-16/h4-5,8-9,16H,2-3,6-7,10-11H2,1H3,(H,15,17). The second kappa shape index (κ2) is 8.53. The van der Waals surface area contributed by atoms with Crippen LogP contribution in [0, 0.1) is 0 Å². The molecule has 1 rings (SSSR count). The molecule has 0 aromatic heterocycles. The lowest BCUT2D eigenvalue weighted by molar-refractivity contribution is 0.0949. The van der Waals surface area contributed by atoms with E-state index in [9.17, 15) is 4.79 Å². The summed E-state index contributed by atoms with van der Waals surface area (Å²) >= 11 is 0. The number of aliphatic hydroxyl groups excluding tert-OH is 1.